The summed E-state index contributed by atoms with van der Waals surface area (Å²) in [4.78, 5) is 0.284. The van der Waals surface area contributed by atoms with Crippen LogP contribution in [0.15, 0.2) is 53.4 Å². The second-order valence-electron chi connectivity index (χ2n) is 5.04. The van der Waals surface area contributed by atoms with E-state index >= 15 is 0 Å². The molecule has 0 atom stereocenters. The number of hydrogen-bond acceptors (Lipinski definition) is 3. The van der Waals surface area contributed by atoms with Crippen molar-refractivity contribution in [2.75, 3.05) is 7.05 Å². The van der Waals surface area contributed by atoms with E-state index in [9.17, 15) is 8.42 Å². The number of benzene rings is 2. The van der Waals surface area contributed by atoms with Gasteiger partial charge in [-0.25, -0.2) is 8.42 Å². The highest BCUT2D eigenvalue weighted by atomic mass is 32.2. The maximum absolute atomic E-state index is 12.6. The van der Waals surface area contributed by atoms with Gasteiger partial charge in [0, 0.05) is 20.1 Å². The van der Waals surface area contributed by atoms with Crippen LogP contribution in [0, 0.1) is 6.92 Å². The highest BCUT2D eigenvalue weighted by Crippen LogP contribution is 2.20. The lowest BCUT2D eigenvalue weighted by Gasteiger charge is -2.18. The summed E-state index contributed by atoms with van der Waals surface area (Å²) in [6, 6.07) is 14.6. The van der Waals surface area contributed by atoms with Crippen LogP contribution in [0.3, 0.4) is 0 Å². The van der Waals surface area contributed by atoms with Crippen molar-refractivity contribution < 1.29 is 8.42 Å². The molecule has 0 unspecified atom stereocenters. The fraction of sp³-hybridized carbons (Fsp3) is 0.250. The van der Waals surface area contributed by atoms with Crippen molar-refractivity contribution in [1.82, 2.24) is 4.31 Å². The minimum atomic E-state index is -3.51. The van der Waals surface area contributed by atoms with Gasteiger partial charge in [-0.15, -0.1) is 0 Å². The van der Waals surface area contributed by atoms with Crippen LogP contribution in [-0.2, 0) is 23.1 Å². The summed E-state index contributed by atoms with van der Waals surface area (Å²) in [5, 5.41) is 0. The molecule has 0 aliphatic heterocycles. The molecule has 0 spiro atoms. The van der Waals surface area contributed by atoms with Crippen LogP contribution in [0.25, 0.3) is 0 Å². The lowest BCUT2D eigenvalue weighted by Crippen LogP contribution is -2.26. The van der Waals surface area contributed by atoms with E-state index in [0.717, 1.165) is 16.7 Å². The first-order valence-electron chi connectivity index (χ1n) is 6.75. The molecule has 5 heteroatoms. The van der Waals surface area contributed by atoms with Gasteiger partial charge in [0.25, 0.3) is 0 Å². The van der Waals surface area contributed by atoms with Crippen molar-refractivity contribution in [3.63, 3.8) is 0 Å². The van der Waals surface area contributed by atoms with E-state index in [1.807, 2.05) is 37.3 Å². The molecular weight excluding hydrogens is 284 g/mol. The van der Waals surface area contributed by atoms with Crippen LogP contribution in [0.5, 0.6) is 0 Å². The maximum atomic E-state index is 12.6. The van der Waals surface area contributed by atoms with Crippen LogP contribution >= 0.6 is 0 Å². The Bertz CT molecular complexity index is 712. The van der Waals surface area contributed by atoms with E-state index < -0.39 is 10.0 Å². The zero-order valence-corrected chi connectivity index (χ0v) is 13.1. The third-order valence-electron chi connectivity index (χ3n) is 3.50. The first-order valence-corrected chi connectivity index (χ1v) is 8.19. The molecule has 0 amide bonds. The molecule has 0 fully saturated rings. The Morgan fingerprint density at radius 1 is 1.10 bits per heavy atom. The summed E-state index contributed by atoms with van der Waals surface area (Å²) in [6.07, 6.45) is 0. The molecule has 21 heavy (non-hydrogen) atoms. The molecule has 0 bridgehead atoms. The Hall–Kier alpha value is -1.69. The van der Waals surface area contributed by atoms with Gasteiger partial charge in [-0.1, -0.05) is 36.4 Å². The van der Waals surface area contributed by atoms with Gasteiger partial charge >= 0.3 is 0 Å². The molecule has 0 aliphatic carbocycles. The number of nitrogens with zero attached hydrogens (tertiary/aromatic N) is 1. The molecule has 4 nitrogen and oxygen atoms in total. The average molecular weight is 304 g/mol. The largest absolute Gasteiger partial charge is 0.326 e. The number of nitrogens with two attached hydrogens (primary N) is 1. The van der Waals surface area contributed by atoms with Crippen molar-refractivity contribution in [3.05, 3.63) is 65.2 Å². The second kappa shape index (κ2) is 6.39. The molecule has 2 aromatic carbocycles. The Labute approximate surface area is 126 Å². The lowest BCUT2D eigenvalue weighted by atomic mass is 10.1. The van der Waals surface area contributed by atoms with E-state index in [1.54, 1.807) is 25.2 Å². The SMILES string of the molecule is Cc1ccc(S(=O)(=O)N(C)Cc2ccccc2)cc1CN. The highest BCUT2D eigenvalue weighted by molar-refractivity contribution is 7.89. The number of rotatable bonds is 5. The summed E-state index contributed by atoms with van der Waals surface area (Å²) in [5.74, 6) is 0. The number of sulfonamides is 1. The predicted octanol–water partition coefficient (Wildman–Crippen LogP) is 2.27. The van der Waals surface area contributed by atoms with Crippen molar-refractivity contribution >= 4 is 10.0 Å². The van der Waals surface area contributed by atoms with E-state index in [2.05, 4.69) is 0 Å². The average Bonchev–Trinajstić information content (AvgIpc) is 2.48. The first-order chi connectivity index (χ1) is 9.95. The quantitative estimate of drug-likeness (QED) is 0.921. The Balaban J connectivity index is 2.29. The normalized spacial score (nSPS) is 11.8. The van der Waals surface area contributed by atoms with Crippen LogP contribution in [0.4, 0.5) is 0 Å². The molecule has 0 radical (unpaired) electrons. The molecule has 2 N–H and O–H groups in total. The van der Waals surface area contributed by atoms with E-state index in [4.69, 9.17) is 5.73 Å². The lowest BCUT2D eigenvalue weighted by molar-refractivity contribution is 0.466. The Morgan fingerprint density at radius 3 is 2.38 bits per heavy atom. The molecule has 0 saturated heterocycles. The summed E-state index contributed by atoms with van der Waals surface area (Å²) in [7, 11) is -1.92. The van der Waals surface area contributed by atoms with Gasteiger partial charge < -0.3 is 5.73 Å². The molecule has 112 valence electrons. The zero-order valence-electron chi connectivity index (χ0n) is 12.3. The molecule has 2 rings (SSSR count). The zero-order chi connectivity index (χ0) is 15.5. The topological polar surface area (TPSA) is 63.4 Å². The number of aryl methyl sites for hydroxylation is 1. The first kappa shape index (κ1) is 15.7. The molecule has 0 aromatic heterocycles. The van der Waals surface area contributed by atoms with E-state index in [1.165, 1.54) is 4.31 Å². The fourth-order valence-corrected chi connectivity index (χ4v) is 3.34. The van der Waals surface area contributed by atoms with Crippen LogP contribution in [0.1, 0.15) is 16.7 Å². The second-order valence-corrected chi connectivity index (χ2v) is 7.08. The smallest absolute Gasteiger partial charge is 0.243 e. The molecule has 2 aromatic rings. The molecule has 0 heterocycles. The van der Waals surface area contributed by atoms with Gasteiger partial charge in [0.15, 0.2) is 0 Å². The Kier molecular flexibility index (Phi) is 4.77. The molecule has 0 saturated carbocycles. The predicted molar refractivity (Wildman–Crippen MR) is 84.2 cm³/mol. The minimum Gasteiger partial charge on any atom is -0.326 e. The summed E-state index contributed by atoms with van der Waals surface area (Å²) in [6.45, 7) is 2.60. The van der Waals surface area contributed by atoms with E-state index in [-0.39, 0.29) is 4.90 Å². The highest BCUT2D eigenvalue weighted by Gasteiger charge is 2.21. The number of hydrogen-bond donors (Lipinski definition) is 1. The minimum absolute atomic E-state index is 0.284. The van der Waals surface area contributed by atoms with Crippen molar-refractivity contribution in [3.8, 4) is 0 Å². The summed E-state index contributed by atoms with van der Waals surface area (Å²) >= 11 is 0. The third-order valence-corrected chi connectivity index (χ3v) is 5.30. The monoisotopic (exact) mass is 304 g/mol. The van der Waals surface area contributed by atoms with Crippen LogP contribution < -0.4 is 5.73 Å². The molecular formula is C16H20N2O2S. The summed E-state index contributed by atoms with van der Waals surface area (Å²) < 4.78 is 26.6. The van der Waals surface area contributed by atoms with Crippen molar-refractivity contribution in [2.45, 2.75) is 24.9 Å². The maximum Gasteiger partial charge on any atom is 0.243 e. The van der Waals surface area contributed by atoms with Gasteiger partial charge in [0.2, 0.25) is 10.0 Å². The van der Waals surface area contributed by atoms with Gasteiger partial charge in [-0.3, -0.25) is 0 Å². The fourth-order valence-electron chi connectivity index (χ4n) is 2.13. The van der Waals surface area contributed by atoms with Gasteiger partial charge in [-0.05, 0) is 35.7 Å². The van der Waals surface area contributed by atoms with Gasteiger partial charge in [0.1, 0.15) is 0 Å². The standard InChI is InChI=1S/C16H20N2O2S/c1-13-8-9-16(10-15(13)11-17)21(19,20)18(2)12-14-6-4-3-5-7-14/h3-10H,11-12,17H2,1-2H3. The summed E-state index contributed by atoms with van der Waals surface area (Å²) in [5.41, 5.74) is 8.46. The van der Waals surface area contributed by atoms with E-state index in [0.29, 0.717) is 13.1 Å². The van der Waals surface area contributed by atoms with Crippen molar-refractivity contribution in [1.29, 1.82) is 0 Å². The van der Waals surface area contributed by atoms with Crippen molar-refractivity contribution in [2.24, 2.45) is 5.73 Å². The van der Waals surface area contributed by atoms with Crippen LogP contribution in [-0.4, -0.2) is 19.8 Å². The van der Waals surface area contributed by atoms with Gasteiger partial charge in [-0.2, -0.15) is 4.31 Å². The van der Waals surface area contributed by atoms with Gasteiger partial charge in [0.05, 0.1) is 4.90 Å². The van der Waals surface area contributed by atoms with Crippen LogP contribution in [0.2, 0.25) is 0 Å². The third kappa shape index (κ3) is 3.50. The Morgan fingerprint density at radius 2 is 1.76 bits per heavy atom. The molecule has 0 aliphatic rings.